The predicted molar refractivity (Wildman–Crippen MR) is 142 cm³/mol. The molecule has 0 radical (unpaired) electrons. The number of carbonyl (C=O) groups is 2. The molecular weight excluding hydrogens is 597 g/mol. The first kappa shape index (κ1) is 31.3. The van der Waals surface area contributed by atoms with E-state index in [4.69, 9.17) is 0 Å². The zero-order chi connectivity index (χ0) is 31.4. The molecule has 0 atom stereocenters. The first-order valence-corrected chi connectivity index (χ1v) is 14.3. The van der Waals surface area contributed by atoms with Crippen molar-refractivity contribution in [2.45, 2.75) is 37.8 Å². The van der Waals surface area contributed by atoms with E-state index in [1.807, 2.05) is 11.6 Å². The molecule has 230 valence electrons. The molecule has 0 unspecified atom stereocenters. The smallest absolute Gasteiger partial charge is 0.435 e. The molecule has 1 aliphatic heterocycles. The van der Waals surface area contributed by atoms with Crippen LogP contribution in [0.5, 0.6) is 0 Å². The van der Waals surface area contributed by atoms with E-state index < -0.39 is 46.5 Å². The lowest BCUT2D eigenvalue weighted by Gasteiger charge is -2.27. The van der Waals surface area contributed by atoms with Crippen LogP contribution in [0.1, 0.15) is 31.0 Å². The number of hydrogen-bond donors (Lipinski definition) is 1. The Morgan fingerprint density at radius 1 is 1.12 bits per heavy atom. The molecule has 2 heterocycles. The van der Waals surface area contributed by atoms with Gasteiger partial charge in [-0.15, -0.1) is 5.01 Å². The van der Waals surface area contributed by atoms with Gasteiger partial charge in [0.05, 0.1) is 34.3 Å². The standard InChI is InChI=1S/C26H27F3N6O7S/c1-17-3-5-19(6-4-17)23-15-24(26(27,28)29)30-34(23)21-7-9-22(10-8-21)43(39,40)31-25(37)20-11-13-33(14-12-20)35(38)32-42-16-41-18(2)36/h3-10,15,20H,11-14,16H2,1-2H3,(H,31,37)/b35-32+. The van der Waals surface area contributed by atoms with Crippen molar-refractivity contribution in [3.05, 3.63) is 71.1 Å². The van der Waals surface area contributed by atoms with Crippen LogP contribution in [0.2, 0.25) is 0 Å². The highest BCUT2D eigenvalue weighted by Gasteiger charge is 2.35. The molecule has 13 nitrogen and oxygen atoms in total. The summed E-state index contributed by atoms with van der Waals surface area (Å²) in [5.74, 6) is -2.11. The molecule has 43 heavy (non-hydrogen) atoms. The number of aromatic nitrogens is 2. The van der Waals surface area contributed by atoms with Gasteiger partial charge in [-0.3, -0.25) is 9.59 Å². The fraction of sp³-hybridized carbons (Fsp3) is 0.346. The van der Waals surface area contributed by atoms with Crippen molar-refractivity contribution >= 4 is 21.9 Å². The van der Waals surface area contributed by atoms with E-state index in [0.29, 0.717) is 5.56 Å². The number of esters is 1. The van der Waals surface area contributed by atoms with Gasteiger partial charge in [0.25, 0.3) is 16.8 Å². The number of alkyl halides is 3. The van der Waals surface area contributed by atoms with Crippen LogP contribution in [0.4, 0.5) is 13.2 Å². The van der Waals surface area contributed by atoms with Crippen LogP contribution in [0.3, 0.4) is 0 Å². The second-order valence-electron chi connectivity index (χ2n) is 9.60. The van der Waals surface area contributed by atoms with E-state index in [9.17, 15) is 36.4 Å². The Bertz CT molecular complexity index is 1600. The highest BCUT2D eigenvalue weighted by atomic mass is 32.2. The average molecular weight is 625 g/mol. The third kappa shape index (κ3) is 7.79. The number of aryl methyl sites for hydroxylation is 1. The van der Waals surface area contributed by atoms with Gasteiger partial charge in [0.2, 0.25) is 11.2 Å². The maximum atomic E-state index is 13.5. The van der Waals surface area contributed by atoms with Crippen LogP contribution < -0.4 is 4.72 Å². The van der Waals surface area contributed by atoms with Crippen molar-refractivity contribution in [3.63, 3.8) is 0 Å². The Hall–Kier alpha value is -4.67. The van der Waals surface area contributed by atoms with Crippen molar-refractivity contribution in [1.82, 2.24) is 19.5 Å². The van der Waals surface area contributed by atoms with E-state index >= 15 is 0 Å². The molecule has 3 aromatic rings. The summed E-state index contributed by atoms with van der Waals surface area (Å²) in [6, 6.07) is 12.6. The van der Waals surface area contributed by atoms with Gasteiger partial charge >= 0.3 is 12.1 Å². The van der Waals surface area contributed by atoms with Crippen LogP contribution in [-0.2, 0) is 35.4 Å². The molecule has 0 spiro atoms. The number of rotatable bonds is 9. The van der Waals surface area contributed by atoms with Gasteiger partial charge in [0.1, 0.15) is 0 Å². The number of benzene rings is 2. The summed E-state index contributed by atoms with van der Waals surface area (Å²) in [5, 5.41) is 20.1. The maximum absolute atomic E-state index is 13.5. The molecule has 1 fully saturated rings. The van der Waals surface area contributed by atoms with Crippen molar-refractivity contribution in [3.8, 4) is 16.9 Å². The summed E-state index contributed by atoms with van der Waals surface area (Å²) in [4.78, 5) is 27.9. The van der Waals surface area contributed by atoms with Gasteiger partial charge in [-0.1, -0.05) is 29.8 Å². The highest BCUT2D eigenvalue weighted by Crippen LogP contribution is 2.33. The minimum Gasteiger partial charge on any atom is -0.569 e. The molecule has 4 rings (SSSR count). The molecule has 17 heteroatoms. The minimum atomic E-state index is -4.70. The monoisotopic (exact) mass is 624 g/mol. The molecule has 1 N–H and O–H groups in total. The molecule has 1 aromatic heterocycles. The predicted octanol–water partition coefficient (Wildman–Crippen LogP) is 3.71. The second-order valence-corrected chi connectivity index (χ2v) is 11.3. The number of ether oxygens (including phenoxy) is 1. The number of halogens is 3. The Balaban J connectivity index is 1.43. The van der Waals surface area contributed by atoms with E-state index in [2.05, 4.69) is 20.0 Å². The fourth-order valence-corrected chi connectivity index (χ4v) is 5.26. The Morgan fingerprint density at radius 3 is 2.33 bits per heavy atom. The Kier molecular flexibility index (Phi) is 9.22. The molecule has 1 aliphatic rings. The van der Waals surface area contributed by atoms with Gasteiger partial charge in [-0.25, -0.2) is 17.8 Å². The van der Waals surface area contributed by atoms with Crippen LogP contribution in [-0.4, -0.2) is 59.9 Å². The van der Waals surface area contributed by atoms with Crippen LogP contribution in [0.15, 0.2) is 64.8 Å². The fourth-order valence-electron chi connectivity index (χ4n) is 4.22. The van der Waals surface area contributed by atoms with E-state index in [1.54, 1.807) is 24.3 Å². The molecule has 2 aromatic carbocycles. The second kappa shape index (κ2) is 12.7. The number of amides is 1. The lowest BCUT2D eigenvalue weighted by Crippen LogP contribution is -2.44. The molecule has 1 amide bonds. The molecular formula is C26H27F3N6O7S. The molecule has 0 saturated carbocycles. The summed E-state index contributed by atoms with van der Waals surface area (Å²) in [7, 11) is -4.32. The van der Waals surface area contributed by atoms with Crippen LogP contribution >= 0.6 is 0 Å². The van der Waals surface area contributed by atoms with Gasteiger partial charge in [0.15, 0.2) is 5.69 Å². The summed E-state index contributed by atoms with van der Waals surface area (Å²) < 4.78 is 73.9. The zero-order valence-corrected chi connectivity index (χ0v) is 23.8. The topological polar surface area (TPSA) is 158 Å². The average Bonchev–Trinajstić information content (AvgIpc) is 3.42. The van der Waals surface area contributed by atoms with E-state index in [0.717, 1.165) is 35.4 Å². The number of hydrogen-bond acceptors (Lipinski definition) is 9. The zero-order valence-electron chi connectivity index (χ0n) is 22.9. The van der Waals surface area contributed by atoms with Crippen molar-refractivity contribution in [2.24, 2.45) is 11.2 Å². The number of carbonyl (C=O) groups excluding carboxylic acids is 2. The first-order valence-electron chi connectivity index (χ1n) is 12.8. The SMILES string of the molecule is CC(=O)OCO/N=[N+](/[O-])N1CCC(C(=O)NS(=O)(=O)c2ccc(-n3nc(C(F)(F)F)cc3-c3ccc(C)cc3)cc2)CC1. The number of piperidine rings is 1. The number of hydrazine groups is 1. The number of nitrogens with zero attached hydrogens (tertiary/aromatic N) is 5. The maximum Gasteiger partial charge on any atom is 0.435 e. The number of sulfonamides is 1. The number of nitrogens with one attached hydrogen (secondary N) is 1. The van der Waals surface area contributed by atoms with E-state index in [1.165, 1.54) is 17.1 Å². The van der Waals surface area contributed by atoms with Gasteiger partial charge in [0, 0.05) is 18.4 Å². The first-order chi connectivity index (χ1) is 20.2. The summed E-state index contributed by atoms with van der Waals surface area (Å²) in [5.41, 5.74) is 0.614. The minimum absolute atomic E-state index is 0.0733. The van der Waals surface area contributed by atoms with Crippen molar-refractivity contribution < 1.29 is 45.7 Å². The van der Waals surface area contributed by atoms with Gasteiger partial charge in [-0.05, 0) is 50.1 Å². The van der Waals surface area contributed by atoms with Crippen molar-refractivity contribution in [1.29, 1.82) is 0 Å². The van der Waals surface area contributed by atoms with E-state index in [-0.39, 0.29) is 47.2 Å². The molecule has 0 bridgehead atoms. The van der Waals surface area contributed by atoms with Crippen LogP contribution in [0.25, 0.3) is 16.9 Å². The molecule has 0 aliphatic carbocycles. The van der Waals surface area contributed by atoms with Crippen molar-refractivity contribution in [2.75, 3.05) is 19.9 Å². The van der Waals surface area contributed by atoms with Crippen LogP contribution in [0, 0.1) is 18.0 Å². The lowest BCUT2D eigenvalue weighted by atomic mass is 9.97. The normalized spacial score (nSPS) is 14.8. The third-order valence-corrected chi connectivity index (χ3v) is 7.86. The summed E-state index contributed by atoms with van der Waals surface area (Å²) in [6.07, 6.45) is -4.42. The highest BCUT2D eigenvalue weighted by molar-refractivity contribution is 7.90. The summed E-state index contributed by atoms with van der Waals surface area (Å²) in [6.45, 7) is 2.60. The third-order valence-electron chi connectivity index (χ3n) is 6.50. The Labute approximate surface area is 244 Å². The van der Waals surface area contributed by atoms with Gasteiger partial charge < -0.3 is 14.8 Å². The summed E-state index contributed by atoms with van der Waals surface area (Å²) >= 11 is 0. The molecule has 1 saturated heterocycles. The Morgan fingerprint density at radius 2 is 1.74 bits per heavy atom. The quantitative estimate of drug-likeness (QED) is 0.0936. The lowest BCUT2D eigenvalue weighted by molar-refractivity contribution is -0.713. The largest absolute Gasteiger partial charge is 0.569 e. The van der Waals surface area contributed by atoms with Gasteiger partial charge in [-0.2, -0.15) is 18.3 Å².